The van der Waals surface area contributed by atoms with Gasteiger partial charge < -0.3 is 4.74 Å². The van der Waals surface area contributed by atoms with E-state index < -0.39 is 5.97 Å². The van der Waals surface area contributed by atoms with E-state index in [1.807, 2.05) is 30.3 Å². The number of benzene rings is 1. The van der Waals surface area contributed by atoms with Gasteiger partial charge in [0.2, 0.25) is 0 Å². The number of esters is 1. The average molecular weight is 336 g/mol. The van der Waals surface area contributed by atoms with Crippen molar-refractivity contribution < 1.29 is 14.3 Å². The molecule has 0 radical (unpaired) electrons. The van der Waals surface area contributed by atoms with E-state index in [2.05, 4.69) is 15.3 Å². The van der Waals surface area contributed by atoms with Gasteiger partial charge in [0, 0.05) is 18.0 Å². The van der Waals surface area contributed by atoms with Crippen molar-refractivity contribution in [2.24, 2.45) is 0 Å². The molecular weight excluding hydrogens is 320 g/mol. The van der Waals surface area contributed by atoms with Crippen LogP contribution in [0.5, 0.6) is 0 Å². The maximum absolute atomic E-state index is 12.2. The summed E-state index contributed by atoms with van der Waals surface area (Å²) < 4.78 is 6.63. The van der Waals surface area contributed by atoms with Crippen molar-refractivity contribution >= 4 is 17.8 Å². The van der Waals surface area contributed by atoms with Crippen molar-refractivity contribution in [2.75, 3.05) is 6.61 Å². The molecule has 0 saturated heterocycles. The van der Waals surface area contributed by atoms with Crippen LogP contribution in [0.25, 0.3) is 11.8 Å². The molecule has 3 rings (SSSR count). The number of H-pyrrole nitrogens is 1. The standard InChI is InChI=1S/C18H16N4O3/c1-2-25-18(24)17-13(8-9-16(23)14-10-19-20-11-14)12-22(21-17)15-6-4-3-5-7-15/h3-12H,2H2,1H3,(H,19,20). The first-order valence-electron chi connectivity index (χ1n) is 7.72. The Balaban J connectivity index is 1.94. The summed E-state index contributed by atoms with van der Waals surface area (Å²) in [4.78, 5) is 24.2. The van der Waals surface area contributed by atoms with Gasteiger partial charge in [0.25, 0.3) is 0 Å². The number of nitrogens with zero attached hydrogens (tertiary/aromatic N) is 3. The number of carbonyl (C=O) groups excluding carboxylic acids is 2. The Hall–Kier alpha value is -3.48. The van der Waals surface area contributed by atoms with E-state index in [4.69, 9.17) is 4.74 Å². The maximum atomic E-state index is 12.2. The molecule has 126 valence electrons. The molecule has 2 heterocycles. The highest BCUT2D eigenvalue weighted by atomic mass is 16.5. The highest BCUT2D eigenvalue weighted by Crippen LogP contribution is 2.16. The minimum Gasteiger partial charge on any atom is -0.461 e. The summed E-state index contributed by atoms with van der Waals surface area (Å²) in [5.74, 6) is -0.761. The van der Waals surface area contributed by atoms with Crippen molar-refractivity contribution in [3.63, 3.8) is 0 Å². The zero-order valence-corrected chi connectivity index (χ0v) is 13.5. The molecule has 0 aliphatic carbocycles. The predicted molar refractivity (Wildman–Crippen MR) is 91.5 cm³/mol. The van der Waals surface area contributed by atoms with E-state index in [1.165, 1.54) is 18.5 Å². The maximum Gasteiger partial charge on any atom is 0.359 e. The molecule has 0 amide bonds. The minimum atomic E-state index is -0.535. The molecule has 0 bridgehead atoms. The Bertz CT molecular complexity index is 896. The lowest BCUT2D eigenvalue weighted by Gasteiger charge is -2.00. The van der Waals surface area contributed by atoms with E-state index >= 15 is 0 Å². The Morgan fingerprint density at radius 1 is 1.28 bits per heavy atom. The smallest absolute Gasteiger partial charge is 0.359 e. The van der Waals surface area contributed by atoms with Crippen molar-refractivity contribution in [3.05, 3.63) is 71.8 Å². The number of rotatable bonds is 6. The molecule has 1 N–H and O–H groups in total. The second-order valence-electron chi connectivity index (χ2n) is 5.12. The summed E-state index contributed by atoms with van der Waals surface area (Å²) in [5, 5.41) is 10.6. The lowest BCUT2D eigenvalue weighted by Crippen LogP contribution is -2.08. The van der Waals surface area contributed by atoms with Crippen molar-refractivity contribution in [2.45, 2.75) is 6.92 Å². The number of aromatic amines is 1. The van der Waals surface area contributed by atoms with Crippen molar-refractivity contribution in [3.8, 4) is 5.69 Å². The van der Waals surface area contributed by atoms with Crippen LogP contribution >= 0.6 is 0 Å². The topological polar surface area (TPSA) is 89.9 Å². The molecule has 7 heteroatoms. The third kappa shape index (κ3) is 3.72. The van der Waals surface area contributed by atoms with Gasteiger partial charge in [-0.1, -0.05) is 18.2 Å². The lowest BCUT2D eigenvalue weighted by atomic mass is 10.1. The molecule has 3 aromatic rings. The SMILES string of the molecule is CCOC(=O)c1nn(-c2ccccc2)cc1C=CC(=O)c1cn[nH]c1. The zero-order chi connectivity index (χ0) is 17.6. The van der Waals surface area contributed by atoms with Gasteiger partial charge in [-0.15, -0.1) is 0 Å². The van der Waals surface area contributed by atoms with E-state index in [9.17, 15) is 9.59 Å². The van der Waals surface area contributed by atoms with E-state index in [0.717, 1.165) is 5.69 Å². The molecule has 0 saturated carbocycles. The van der Waals surface area contributed by atoms with Crippen molar-refractivity contribution in [1.82, 2.24) is 20.0 Å². The molecule has 7 nitrogen and oxygen atoms in total. The highest BCUT2D eigenvalue weighted by molar-refractivity contribution is 6.07. The molecular formula is C18H16N4O3. The van der Waals surface area contributed by atoms with Crippen LogP contribution in [0.4, 0.5) is 0 Å². The average Bonchev–Trinajstić information content (AvgIpc) is 3.30. The molecule has 1 aromatic carbocycles. The second-order valence-corrected chi connectivity index (χ2v) is 5.12. The van der Waals surface area contributed by atoms with Gasteiger partial charge in [0.05, 0.1) is 24.1 Å². The fourth-order valence-electron chi connectivity index (χ4n) is 2.23. The van der Waals surface area contributed by atoms with Gasteiger partial charge in [-0.05, 0) is 31.2 Å². The van der Waals surface area contributed by atoms with E-state index in [1.54, 1.807) is 23.9 Å². The Morgan fingerprint density at radius 2 is 2.08 bits per heavy atom. The number of para-hydroxylation sites is 1. The first-order valence-corrected chi connectivity index (χ1v) is 7.72. The third-order valence-corrected chi connectivity index (χ3v) is 3.43. The molecule has 25 heavy (non-hydrogen) atoms. The number of carbonyl (C=O) groups is 2. The van der Waals surface area contributed by atoms with Gasteiger partial charge in [-0.3, -0.25) is 9.89 Å². The van der Waals surface area contributed by atoms with Crippen LogP contribution in [0.15, 0.2) is 55.0 Å². The number of hydrogen-bond donors (Lipinski definition) is 1. The number of ketones is 1. The summed E-state index contributed by atoms with van der Waals surface area (Å²) in [6.07, 6.45) is 7.55. The van der Waals surface area contributed by atoms with Crippen LogP contribution in [0.1, 0.15) is 33.3 Å². The summed E-state index contributed by atoms with van der Waals surface area (Å²) in [5.41, 5.74) is 1.89. The fraction of sp³-hybridized carbons (Fsp3) is 0.111. The predicted octanol–water partition coefficient (Wildman–Crippen LogP) is 2.67. The molecule has 2 aromatic heterocycles. The van der Waals surface area contributed by atoms with Crippen LogP contribution in [-0.2, 0) is 4.74 Å². The first kappa shape index (κ1) is 16.4. The number of aromatic nitrogens is 4. The molecule has 0 atom stereocenters. The minimum absolute atomic E-state index is 0.155. The highest BCUT2D eigenvalue weighted by Gasteiger charge is 2.17. The van der Waals surface area contributed by atoms with E-state index in [-0.39, 0.29) is 18.1 Å². The van der Waals surface area contributed by atoms with Crippen LogP contribution in [0, 0.1) is 0 Å². The van der Waals surface area contributed by atoms with Gasteiger partial charge in [0.15, 0.2) is 11.5 Å². The fourth-order valence-corrected chi connectivity index (χ4v) is 2.23. The first-order chi connectivity index (χ1) is 12.2. The number of ether oxygens (including phenoxy) is 1. The van der Waals surface area contributed by atoms with Gasteiger partial charge in [-0.2, -0.15) is 10.2 Å². The van der Waals surface area contributed by atoms with Crippen LogP contribution in [0.3, 0.4) is 0 Å². The quantitative estimate of drug-likeness (QED) is 0.425. The van der Waals surface area contributed by atoms with Crippen molar-refractivity contribution in [1.29, 1.82) is 0 Å². The number of nitrogens with one attached hydrogen (secondary N) is 1. The second kappa shape index (κ2) is 7.39. The lowest BCUT2D eigenvalue weighted by molar-refractivity contribution is 0.0518. The third-order valence-electron chi connectivity index (χ3n) is 3.43. The van der Waals surface area contributed by atoms with Crippen LogP contribution in [0.2, 0.25) is 0 Å². The molecule has 0 aliphatic heterocycles. The summed E-state index contributed by atoms with van der Waals surface area (Å²) >= 11 is 0. The monoisotopic (exact) mass is 336 g/mol. The van der Waals surface area contributed by atoms with Gasteiger partial charge in [-0.25, -0.2) is 9.48 Å². The van der Waals surface area contributed by atoms with Gasteiger partial charge >= 0.3 is 5.97 Å². The molecule has 0 fully saturated rings. The molecule has 0 unspecified atom stereocenters. The Labute approximate surface area is 143 Å². The molecule has 0 aliphatic rings. The van der Waals surface area contributed by atoms with E-state index in [0.29, 0.717) is 11.1 Å². The summed E-state index contributed by atoms with van der Waals surface area (Å²) in [7, 11) is 0. The Kier molecular flexibility index (Phi) is 4.84. The number of allylic oxidation sites excluding steroid dienone is 1. The summed E-state index contributed by atoms with van der Waals surface area (Å²) in [6.45, 7) is 1.97. The Morgan fingerprint density at radius 3 is 2.76 bits per heavy atom. The van der Waals surface area contributed by atoms with Crippen LogP contribution < -0.4 is 0 Å². The summed E-state index contributed by atoms with van der Waals surface area (Å²) in [6, 6.07) is 9.37. The zero-order valence-electron chi connectivity index (χ0n) is 13.5. The van der Waals surface area contributed by atoms with Crippen LogP contribution in [-0.4, -0.2) is 38.3 Å². The number of hydrogen-bond acceptors (Lipinski definition) is 5. The van der Waals surface area contributed by atoms with Gasteiger partial charge in [0.1, 0.15) is 0 Å². The molecule has 0 spiro atoms. The normalized spacial score (nSPS) is 10.9. The largest absolute Gasteiger partial charge is 0.461 e.